The van der Waals surface area contributed by atoms with Crippen LogP contribution in [0.4, 0.5) is 5.69 Å². The van der Waals surface area contributed by atoms with Gasteiger partial charge in [-0.3, -0.25) is 19.2 Å². The first kappa shape index (κ1) is 32.2. The van der Waals surface area contributed by atoms with Gasteiger partial charge in [-0.15, -0.1) is 0 Å². The molecule has 226 valence electrons. The van der Waals surface area contributed by atoms with Crippen LogP contribution >= 0.6 is 23.2 Å². The van der Waals surface area contributed by atoms with E-state index in [-0.39, 0.29) is 42.1 Å². The monoisotopic (exact) mass is 622 g/mol. The molecular weight excluding hydrogens is 587 g/mol. The molecule has 0 N–H and O–H groups in total. The summed E-state index contributed by atoms with van der Waals surface area (Å²) in [7, 11) is 0. The van der Waals surface area contributed by atoms with E-state index in [4.69, 9.17) is 27.9 Å². The minimum absolute atomic E-state index is 0.193. The molecule has 2 amide bonds. The first-order valence-corrected chi connectivity index (χ1v) is 15.0. The molecule has 1 aliphatic rings. The maximum absolute atomic E-state index is 14.6. The number of nitrogens with zero attached hydrogens (tertiary/aromatic N) is 2. The molecule has 0 radical (unpaired) electrons. The Hall–Kier alpha value is -3.68. The molecule has 1 heterocycles. The lowest BCUT2D eigenvalue weighted by atomic mass is 9.98. The van der Waals surface area contributed by atoms with Crippen molar-refractivity contribution in [3.63, 3.8) is 0 Å². The Kier molecular flexibility index (Phi) is 9.98. The molecule has 0 spiro atoms. The van der Waals surface area contributed by atoms with Gasteiger partial charge < -0.3 is 14.5 Å². The van der Waals surface area contributed by atoms with Crippen molar-refractivity contribution in [2.75, 3.05) is 11.4 Å². The lowest BCUT2D eigenvalue weighted by molar-refractivity contribution is -0.154. The molecule has 0 aliphatic carbocycles. The number of halogens is 2. The van der Waals surface area contributed by atoms with Gasteiger partial charge in [0.1, 0.15) is 11.6 Å². The number of unbranched alkanes of at least 4 members (excludes halogenated alkanes) is 1. The molecular formula is C34H36Cl2N2O5. The quantitative estimate of drug-likeness (QED) is 0.137. The van der Waals surface area contributed by atoms with Crippen molar-refractivity contribution in [1.82, 2.24) is 4.90 Å². The summed E-state index contributed by atoms with van der Waals surface area (Å²) in [6.45, 7) is 9.01. The second kappa shape index (κ2) is 13.3. The van der Waals surface area contributed by atoms with Crippen molar-refractivity contribution in [1.29, 1.82) is 0 Å². The molecule has 0 unspecified atom stereocenters. The van der Waals surface area contributed by atoms with Gasteiger partial charge in [0.15, 0.2) is 5.78 Å². The summed E-state index contributed by atoms with van der Waals surface area (Å²) in [5.41, 5.74) is 1.85. The zero-order valence-electron chi connectivity index (χ0n) is 25.0. The first-order chi connectivity index (χ1) is 20.3. The fourth-order valence-electron chi connectivity index (χ4n) is 5.22. The molecule has 7 nitrogen and oxygen atoms in total. The predicted molar refractivity (Wildman–Crippen MR) is 169 cm³/mol. The van der Waals surface area contributed by atoms with Crippen LogP contribution in [0.3, 0.4) is 0 Å². The summed E-state index contributed by atoms with van der Waals surface area (Å²) < 4.78 is 5.43. The summed E-state index contributed by atoms with van der Waals surface area (Å²) in [6.07, 6.45) is 1.19. The summed E-state index contributed by atoms with van der Waals surface area (Å²) in [5, 5.41) is 1.05. The Morgan fingerprint density at radius 2 is 1.51 bits per heavy atom. The van der Waals surface area contributed by atoms with Gasteiger partial charge in [-0.05, 0) is 101 Å². The molecule has 0 saturated heterocycles. The molecule has 3 aromatic rings. The van der Waals surface area contributed by atoms with Crippen LogP contribution in [0.15, 0.2) is 66.7 Å². The van der Waals surface area contributed by atoms with Crippen LogP contribution in [0.1, 0.15) is 97.8 Å². The van der Waals surface area contributed by atoms with E-state index in [0.717, 1.165) is 5.56 Å². The van der Waals surface area contributed by atoms with Gasteiger partial charge in [-0.25, -0.2) is 0 Å². The van der Waals surface area contributed by atoms with E-state index in [0.29, 0.717) is 39.7 Å². The molecule has 1 aliphatic heterocycles. The second-order valence-corrected chi connectivity index (χ2v) is 12.6. The molecule has 3 aromatic carbocycles. The number of benzene rings is 3. The van der Waals surface area contributed by atoms with Gasteiger partial charge in [-0.1, -0.05) is 47.5 Å². The predicted octanol–water partition coefficient (Wildman–Crippen LogP) is 8.00. The Labute approximate surface area is 262 Å². The number of fused-ring (bicyclic) bond motifs is 1. The zero-order chi connectivity index (χ0) is 31.5. The van der Waals surface area contributed by atoms with Gasteiger partial charge in [0.05, 0.1) is 17.3 Å². The van der Waals surface area contributed by atoms with Crippen molar-refractivity contribution in [2.24, 2.45) is 0 Å². The van der Waals surface area contributed by atoms with E-state index < -0.39 is 17.7 Å². The van der Waals surface area contributed by atoms with E-state index in [1.54, 1.807) is 64.4 Å². The van der Waals surface area contributed by atoms with Gasteiger partial charge in [-0.2, -0.15) is 0 Å². The van der Waals surface area contributed by atoms with Crippen molar-refractivity contribution in [3.8, 4) is 0 Å². The average molecular weight is 624 g/mol. The van der Waals surface area contributed by atoms with Crippen LogP contribution in [0.2, 0.25) is 10.0 Å². The van der Waals surface area contributed by atoms with E-state index in [1.165, 1.54) is 6.92 Å². The lowest BCUT2D eigenvalue weighted by Gasteiger charge is -2.36. The van der Waals surface area contributed by atoms with Crippen LogP contribution < -0.4 is 4.90 Å². The Morgan fingerprint density at radius 3 is 2.09 bits per heavy atom. The fourth-order valence-corrected chi connectivity index (χ4v) is 5.47. The zero-order valence-corrected chi connectivity index (χ0v) is 26.5. The fraction of sp³-hybridized carbons (Fsp3) is 0.353. The molecule has 0 saturated carbocycles. The topological polar surface area (TPSA) is 84.0 Å². The number of ether oxygens (including phenoxy) is 1. The van der Waals surface area contributed by atoms with Crippen LogP contribution in [0, 0.1) is 0 Å². The Bertz CT molecular complexity index is 1510. The number of rotatable bonds is 9. The maximum Gasteiger partial charge on any atom is 0.306 e. The van der Waals surface area contributed by atoms with E-state index in [1.807, 2.05) is 39.8 Å². The molecule has 4 rings (SSSR count). The molecule has 0 aromatic heterocycles. The van der Waals surface area contributed by atoms with Crippen LogP contribution in [-0.4, -0.2) is 40.6 Å². The number of hydrogen-bond donors (Lipinski definition) is 0. The highest BCUT2D eigenvalue weighted by atomic mass is 35.5. The first-order valence-electron chi connectivity index (χ1n) is 14.3. The number of carbonyl (C=O) groups is 4. The largest absolute Gasteiger partial charge is 0.460 e. The molecule has 2 atom stereocenters. The summed E-state index contributed by atoms with van der Waals surface area (Å²) >= 11 is 12.3. The lowest BCUT2D eigenvalue weighted by Crippen LogP contribution is -2.44. The highest BCUT2D eigenvalue weighted by Crippen LogP contribution is 2.40. The number of Topliss-reactive ketones (excluding diaryl/α,β-unsaturated/α-hetero) is 1. The van der Waals surface area contributed by atoms with Crippen molar-refractivity contribution >= 4 is 52.5 Å². The Balaban J connectivity index is 1.79. The number of ketones is 1. The number of esters is 1. The van der Waals surface area contributed by atoms with Crippen LogP contribution in [0.5, 0.6) is 0 Å². The minimum Gasteiger partial charge on any atom is -0.460 e. The van der Waals surface area contributed by atoms with Gasteiger partial charge in [0, 0.05) is 28.6 Å². The molecule has 0 bridgehead atoms. The SMILES string of the molecule is CC(=O)c1ccc2c(c1)C(=O)N([C@H](C)c1ccc(Cl)cc1)[C@@H](c1ccc(Cl)cc1)C(=O)N2CCCCC(=O)OC(C)(C)C. The van der Waals surface area contributed by atoms with E-state index in [9.17, 15) is 19.2 Å². The van der Waals surface area contributed by atoms with Crippen molar-refractivity contribution < 1.29 is 23.9 Å². The second-order valence-electron chi connectivity index (χ2n) is 11.7. The average Bonchev–Trinajstić information content (AvgIpc) is 3.03. The number of hydrogen-bond acceptors (Lipinski definition) is 5. The third-order valence-electron chi connectivity index (χ3n) is 7.32. The third-order valence-corrected chi connectivity index (χ3v) is 7.83. The molecule has 0 fully saturated rings. The highest BCUT2D eigenvalue weighted by Gasteiger charge is 2.43. The highest BCUT2D eigenvalue weighted by molar-refractivity contribution is 6.30. The van der Waals surface area contributed by atoms with Gasteiger partial charge in [0.25, 0.3) is 11.8 Å². The number of carbonyl (C=O) groups excluding carboxylic acids is 4. The molecule has 43 heavy (non-hydrogen) atoms. The van der Waals surface area contributed by atoms with Crippen LogP contribution in [0.25, 0.3) is 0 Å². The van der Waals surface area contributed by atoms with Crippen molar-refractivity contribution in [3.05, 3.63) is 99.0 Å². The van der Waals surface area contributed by atoms with E-state index in [2.05, 4.69) is 0 Å². The molecule has 9 heteroatoms. The minimum atomic E-state index is -0.991. The Morgan fingerprint density at radius 1 is 0.907 bits per heavy atom. The van der Waals surface area contributed by atoms with Crippen LogP contribution in [-0.2, 0) is 14.3 Å². The van der Waals surface area contributed by atoms with Gasteiger partial charge in [0.2, 0.25) is 0 Å². The van der Waals surface area contributed by atoms with E-state index >= 15 is 0 Å². The number of anilines is 1. The summed E-state index contributed by atoms with van der Waals surface area (Å²) in [6, 6.07) is 17.4. The third kappa shape index (κ3) is 7.64. The normalized spacial score (nSPS) is 16.0. The summed E-state index contributed by atoms with van der Waals surface area (Å²) in [5.74, 6) is -1.19. The maximum atomic E-state index is 14.6. The number of amides is 2. The van der Waals surface area contributed by atoms with Gasteiger partial charge >= 0.3 is 5.97 Å². The standard InChI is InChI=1S/C34H36Cl2N2O5/c1-21(23-9-14-26(35)15-10-23)38-31(24-11-16-27(36)17-12-24)33(42)37(19-7-6-8-30(40)43-34(3,4)5)29-18-13-25(22(2)39)20-28(29)32(38)41/h9-18,20-21,31H,6-8,19H2,1-5H3/t21-,31+/m1/s1. The summed E-state index contributed by atoms with van der Waals surface area (Å²) in [4.78, 5) is 56.9. The van der Waals surface area contributed by atoms with Crippen molar-refractivity contribution in [2.45, 2.75) is 71.6 Å². The smallest absolute Gasteiger partial charge is 0.306 e.